The third-order valence-corrected chi connectivity index (χ3v) is 5.46. The summed E-state index contributed by atoms with van der Waals surface area (Å²) >= 11 is 0. The zero-order valence-corrected chi connectivity index (χ0v) is 15.1. The molecule has 1 rings (SSSR count). The van der Waals surface area contributed by atoms with Crippen molar-refractivity contribution in [1.82, 2.24) is 9.80 Å². The Hall–Kier alpha value is -1.57. The molecule has 1 unspecified atom stereocenters. The first-order valence-electron chi connectivity index (χ1n) is 7.57. The lowest BCUT2D eigenvalue weighted by Gasteiger charge is -2.36. The molecule has 8 heteroatoms. The average molecular weight is 346 g/mol. The quantitative estimate of drug-likeness (QED) is 0.711. The Balaban J connectivity index is 2.61. The van der Waals surface area contributed by atoms with E-state index in [0.717, 1.165) is 0 Å². The second kappa shape index (κ2) is 7.33. The summed E-state index contributed by atoms with van der Waals surface area (Å²) in [6.45, 7) is 11.4. The maximum absolute atomic E-state index is 12.3. The summed E-state index contributed by atoms with van der Waals surface area (Å²) in [4.78, 5) is 27.3. The van der Waals surface area contributed by atoms with Gasteiger partial charge in [0.15, 0.2) is 9.84 Å². The van der Waals surface area contributed by atoms with Gasteiger partial charge in [-0.1, -0.05) is 6.08 Å². The molecule has 2 amide bonds. The van der Waals surface area contributed by atoms with Crippen molar-refractivity contribution >= 4 is 21.8 Å². The molecule has 0 saturated carbocycles. The van der Waals surface area contributed by atoms with Crippen molar-refractivity contribution in [1.29, 1.82) is 0 Å². The fourth-order valence-electron chi connectivity index (χ4n) is 2.16. The lowest BCUT2D eigenvalue weighted by atomic mass is 10.2. The van der Waals surface area contributed by atoms with Gasteiger partial charge in [0, 0.05) is 26.2 Å². The number of hydrogen-bond acceptors (Lipinski definition) is 5. The lowest BCUT2D eigenvalue weighted by molar-refractivity contribution is -0.132. The summed E-state index contributed by atoms with van der Waals surface area (Å²) in [5.41, 5.74) is -0.572. The summed E-state index contributed by atoms with van der Waals surface area (Å²) < 4.78 is 29.2. The predicted octanol–water partition coefficient (Wildman–Crippen LogP) is 1.05. The van der Waals surface area contributed by atoms with Crippen molar-refractivity contribution in [2.45, 2.75) is 38.5 Å². The number of piperazine rings is 1. The van der Waals surface area contributed by atoms with Gasteiger partial charge in [0.2, 0.25) is 5.91 Å². The highest BCUT2D eigenvalue weighted by molar-refractivity contribution is 7.92. The molecule has 1 aliphatic heterocycles. The van der Waals surface area contributed by atoms with Crippen LogP contribution >= 0.6 is 0 Å². The van der Waals surface area contributed by atoms with Crippen LogP contribution in [0.3, 0.4) is 0 Å². The van der Waals surface area contributed by atoms with Gasteiger partial charge in [0.05, 0.1) is 5.75 Å². The van der Waals surface area contributed by atoms with E-state index >= 15 is 0 Å². The fraction of sp³-hybridized carbons (Fsp3) is 0.733. The Bertz CT molecular complexity index is 557. The van der Waals surface area contributed by atoms with E-state index in [1.165, 1.54) is 22.8 Å². The van der Waals surface area contributed by atoms with Crippen molar-refractivity contribution in [2.24, 2.45) is 0 Å². The molecule has 0 aromatic heterocycles. The number of nitrogens with zero attached hydrogens (tertiary/aromatic N) is 2. The number of carbonyl (C=O) groups excluding carboxylic acids is 2. The van der Waals surface area contributed by atoms with E-state index < -0.39 is 32.7 Å². The molecule has 0 aliphatic carbocycles. The largest absolute Gasteiger partial charge is 0.444 e. The number of hydrogen-bond donors (Lipinski definition) is 0. The highest BCUT2D eigenvalue weighted by atomic mass is 32.2. The van der Waals surface area contributed by atoms with Gasteiger partial charge in [-0.2, -0.15) is 0 Å². The zero-order chi connectivity index (χ0) is 17.8. The molecule has 0 radical (unpaired) electrons. The van der Waals surface area contributed by atoms with Gasteiger partial charge in [-0.3, -0.25) is 4.79 Å². The van der Waals surface area contributed by atoms with Gasteiger partial charge >= 0.3 is 6.09 Å². The Labute approximate surface area is 138 Å². The standard InChI is InChI=1S/C15H26N2O5S/c1-6-11-23(20,21)12(2)13(18)16-7-9-17(10-8-16)14(19)22-15(3,4)5/h6,12H,1,7-11H2,2-5H3. The molecule has 0 aromatic rings. The summed E-state index contributed by atoms with van der Waals surface area (Å²) in [5.74, 6) is -0.659. The second-order valence-corrected chi connectivity index (χ2v) is 8.92. The maximum atomic E-state index is 12.3. The van der Waals surface area contributed by atoms with Gasteiger partial charge in [0.25, 0.3) is 0 Å². The van der Waals surface area contributed by atoms with Gasteiger partial charge < -0.3 is 14.5 Å². The van der Waals surface area contributed by atoms with Crippen LogP contribution in [0.5, 0.6) is 0 Å². The van der Waals surface area contributed by atoms with E-state index in [1.807, 2.05) is 0 Å². The molecule has 7 nitrogen and oxygen atoms in total. The van der Waals surface area contributed by atoms with Crippen molar-refractivity contribution in [3.63, 3.8) is 0 Å². The normalized spacial score (nSPS) is 17.6. The van der Waals surface area contributed by atoms with Crippen LogP contribution in [0.4, 0.5) is 4.79 Å². The molecule has 132 valence electrons. The summed E-state index contributed by atoms with van der Waals surface area (Å²) in [6, 6.07) is 0. The molecular weight excluding hydrogens is 320 g/mol. The Kier molecular flexibility index (Phi) is 6.21. The van der Waals surface area contributed by atoms with Gasteiger partial charge in [-0.25, -0.2) is 13.2 Å². The van der Waals surface area contributed by atoms with Crippen molar-refractivity contribution in [2.75, 3.05) is 31.9 Å². The minimum Gasteiger partial charge on any atom is -0.444 e. The van der Waals surface area contributed by atoms with Crippen LogP contribution in [0, 0.1) is 0 Å². The first-order valence-corrected chi connectivity index (χ1v) is 9.28. The van der Waals surface area contributed by atoms with Gasteiger partial charge in [0.1, 0.15) is 10.9 Å². The summed E-state index contributed by atoms with van der Waals surface area (Å²) in [5, 5.41) is -1.10. The minimum absolute atomic E-state index is 0.224. The van der Waals surface area contributed by atoms with Crippen LogP contribution in [0.15, 0.2) is 12.7 Å². The number of rotatable bonds is 4. The van der Waals surface area contributed by atoms with Crippen LogP contribution in [-0.2, 0) is 19.4 Å². The molecule has 0 spiro atoms. The van der Waals surface area contributed by atoms with Crippen LogP contribution in [0.2, 0.25) is 0 Å². The van der Waals surface area contributed by atoms with E-state index in [2.05, 4.69) is 6.58 Å². The van der Waals surface area contributed by atoms with Gasteiger partial charge in [-0.05, 0) is 27.7 Å². The van der Waals surface area contributed by atoms with Crippen molar-refractivity contribution in [3.8, 4) is 0 Å². The van der Waals surface area contributed by atoms with E-state index in [0.29, 0.717) is 26.2 Å². The minimum atomic E-state index is -3.53. The first-order chi connectivity index (χ1) is 10.5. The van der Waals surface area contributed by atoms with E-state index in [-0.39, 0.29) is 5.75 Å². The van der Waals surface area contributed by atoms with Crippen LogP contribution in [-0.4, -0.2) is 73.0 Å². The van der Waals surface area contributed by atoms with Crippen LogP contribution in [0.25, 0.3) is 0 Å². The number of amides is 2. The smallest absolute Gasteiger partial charge is 0.410 e. The topological polar surface area (TPSA) is 84.0 Å². The second-order valence-electron chi connectivity index (χ2n) is 6.55. The summed E-state index contributed by atoms with van der Waals surface area (Å²) in [7, 11) is -3.53. The SMILES string of the molecule is C=CCS(=O)(=O)C(C)C(=O)N1CCN(C(=O)OC(C)(C)C)CC1. The highest BCUT2D eigenvalue weighted by Gasteiger charge is 2.33. The lowest BCUT2D eigenvalue weighted by Crippen LogP contribution is -2.54. The maximum Gasteiger partial charge on any atom is 0.410 e. The summed E-state index contributed by atoms with van der Waals surface area (Å²) in [6.07, 6.45) is 0.858. The number of carbonyl (C=O) groups is 2. The van der Waals surface area contributed by atoms with Crippen molar-refractivity contribution < 1.29 is 22.7 Å². The van der Waals surface area contributed by atoms with Crippen LogP contribution in [0.1, 0.15) is 27.7 Å². The predicted molar refractivity (Wildman–Crippen MR) is 87.8 cm³/mol. The molecule has 0 aromatic carbocycles. The molecular formula is C15H26N2O5S. The van der Waals surface area contributed by atoms with E-state index in [9.17, 15) is 18.0 Å². The highest BCUT2D eigenvalue weighted by Crippen LogP contribution is 2.14. The Morgan fingerprint density at radius 2 is 1.65 bits per heavy atom. The fourth-order valence-corrected chi connectivity index (χ4v) is 3.23. The molecule has 0 bridgehead atoms. The first kappa shape index (κ1) is 19.5. The van der Waals surface area contributed by atoms with Gasteiger partial charge in [-0.15, -0.1) is 6.58 Å². The number of sulfone groups is 1. The Morgan fingerprint density at radius 3 is 2.09 bits per heavy atom. The van der Waals surface area contributed by atoms with Crippen molar-refractivity contribution in [3.05, 3.63) is 12.7 Å². The molecule has 1 atom stereocenters. The third-order valence-electron chi connectivity index (χ3n) is 3.48. The Morgan fingerprint density at radius 1 is 1.17 bits per heavy atom. The molecule has 0 N–H and O–H groups in total. The molecule has 1 fully saturated rings. The van der Waals surface area contributed by atoms with Crippen LogP contribution < -0.4 is 0 Å². The third kappa shape index (κ3) is 5.53. The zero-order valence-electron chi connectivity index (χ0n) is 14.2. The number of ether oxygens (including phenoxy) is 1. The molecule has 1 aliphatic rings. The van der Waals surface area contributed by atoms with E-state index in [1.54, 1.807) is 20.8 Å². The van der Waals surface area contributed by atoms with E-state index in [4.69, 9.17) is 4.74 Å². The average Bonchev–Trinajstić information content (AvgIpc) is 2.44. The monoisotopic (exact) mass is 346 g/mol. The molecule has 1 heterocycles. The molecule has 1 saturated heterocycles. The molecule has 23 heavy (non-hydrogen) atoms.